The molecule has 0 bridgehead atoms. The Bertz CT molecular complexity index is 467. The van der Waals surface area contributed by atoms with Gasteiger partial charge in [-0.25, -0.2) is 0 Å². The molecule has 0 aliphatic heterocycles. The van der Waals surface area contributed by atoms with Gasteiger partial charge in [0.15, 0.2) is 0 Å². The van der Waals surface area contributed by atoms with Crippen LogP contribution in [-0.2, 0) is 0 Å². The Morgan fingerprint density at radius 2 is 2.11 bits per heavy atom. The van der Waals surface area contributed by atoms with Gasteiger partial charge < -0.3 is 20.3 Å². The van der Waals surface area contributed by atoms with Crippen molar-refractivity contribution in [3.63, 3.8) is 0 Å². The highest BCUT2D eigenvalue weighted by atomic mass is 16.5. The molecule has 19 heavy (non-hydrogen) atoms. The number of phenolic OH excluding ortho intramolecular Hbond substituents is 1. The number of nitrogens with one attached hydrogen (secondary N) is 1. The predicted molar refractivity (Wildman–Crippen MR) is 70.4 cm³/mol. The molecule has 5 nitrogen and oxygen atoms in total. The average Bonchev–Trinajstić information content (AvgIpc) is 2.87. The van der Waals surface area contributed by atoms with Crippen molar-refractivity contribution < 1.29 is 19.7 Å². The van der Waals surface area contributed by atoms with Crippen molar-refractivity contribution in [3.8, 4) is 11.5 Å². The van der Waals surface area contributed by atoms with Crippen LogP contribution >= 0.6 is 0 Å². The number of aliphatic hydroxyl groups is 1. The minimum absolute atomic E-state index is 0.0738. The molecule has 1 fully saturated rings. The Morgan fingerprint density at radius 3 is 2.63 bits per heavy atom. The van der Waals surface area contributed by atoms with Gasteiger partial charge in [-0.05, 0) is 25.0 Å². The summed E-state index contributed by atoms with van der Waals surface area (Å²) in [4.78, 5) is 12.2. The summed E-state index contributed by atoms with van der Waals surface area (Å²) >= 11 is 0. The number of ether oxygens (including phenoxy) is 1. The van der Waals surface area contributed by atoms with Crippen molar-refractivity contribution in [2.24, 2.45) is 0 Å². The van der Waals surface area contributed by atoms with Crippen molar-refractivity contribution >= 4 is 5.91 Å². The first-order valence-electron chi connectivity index (χ1n) is 6.41. The fraction of sp³-hybridized carbons (Fsp3) is 0.500. The molecule has 2 rings (SSSR count). The fourth-order valence-electron chi connectivity index (χ4n) is 2.51. The smallest absolute Gasteiger partial charge is 0.255 e. The van der Waals surface area contributed by atoms with Crippen LogP contribution in [0.25, 0.3) is 0 Å². The summed E-state index contributed by atoms with van der Waals surface area (Å²) in [5, 5.41) is 22.1. The normalized spacial score (nSPS) is 17.2. The quantitative estimate of drug-likeness (QED) is 0.769. The monoisotopic (exact) mass is 265 g/mol. The van der Waals surface area contributed by atoms with Gasteiger partial charge in [0.2, 0.25) is 0 Å². The summed E-state index contributed by atoms with van der Waals surface area (Å²) in [7, 11) is 1.49. The Balaban J connectivity index is 2.15. The van der Waals surface area contributed by atoms with E-state index in [1.165, 1.54) is 19.2 Å². The lowest BCUT2D eigenvalue weighted by atomic mass is 9.98. The number of hydrogen-bond donors (Lipinski definition) is 3. The summed E-state index contributed by atoms with van der Waals surface area (Å²) in [6.07, 6.45) is 3.53. The van der Waals surface area contributed by atoms with Crippen LogP contribution in [0.5, 0.6) is 11.5 Å². The molecule has 1 aliphatic carbocycles. The van der Waals surface area contributed by atoms with Gasteiger partial charge in [0.1, 0.15) is 11.5 Å². The SMILES string of the molecule is COc1ccc(C(=O)NC2(CO)CCCC2)c(O)c1. The van der Waals surface area contributed by atoms with E-state index in [9.17, 15) is 15.0 Å². The highest BCUT2D eigenvalue weighted by molar-refractivity contribution is 5.97. The van der Waals surface area contributed by atoms with Gasteiger partial charge in [0.25, 0.3) is 5.91 Å². The number of hydrogen-bond acceptors (Lipinski definition) is 4. The lowest BCUT2D eigenvalue weighted by Gasteiger charge is -2.28. The minimum Gasteiger partial charge on any atom is -0.507 e. The van der Waals surface area contributed by atoms with Crippen LogP contribution in [0, 0.1) is 0 Å². The van der Waals surface area contributed by atoms with Crippen LogP contribution in [0.4, 0.5) is 0 Å². The zero-order valence-corrected chi connectivity index (χ0v) is 11.0. The lowest BCUT2D eigenvalue weighted by Crippen LogP contribution is -2.49. The zero-order valence-electron chi connectivity index (χ0n) is 11.0. The van der Waals surface area contributed by atoms with Crippen molar-refractivity contribution in [1.82, 2.24) is 5.32 Å². The maximum Gasteiger partial charge on any atom is 0.255 e. The van der Waals surface area contributed by atoms with Crippen molar-refractivity contribution in [1.29, 1.82) is 0 Å². The molecule has 5 heteroatoms. The van der Waals surface area contributed by atoms with Gasteiger partial charge in [-0.1, -0.05) is 12.8 Å². The number of carbonyl (C=O) groups is 1. The second-order valence-electron chi connectivity index (χ2n) is 4.98. The number of phenols is 1. The molecule has 1 aromatic rings. The summed E-state index contributed by atoms with van der Waals surface area (Å²) in [6.45, 7) is -0.0738. The number of carbonyl (C=O) groups excluding carboxylic acids is 1. The molecule has 1 aromatic carbocycles. The third-order valence-corrected chi connectivity index (χ3v) is 3.69. The molecule has 0 aromatic heterocycles. The Labute approximate surface area is 112 Å². The van der Waals surface area contributed by atoms with E-state index in [0.717, 1.165) is 25.7 Å². The van der Waals surface area contributed by atoms with E-state index in [4.69, 9.17) is 4.74 Å². The Morgan fingerprint density at radius 1 is 1.42 bits per heavy atom. The van der Waals surface area contributed by atoms with Crippen LogP contribution < -0.4 is 10.1 Å². The first kappa shape index (κ1) is 13.7. The Hall–Kier alpha value is -1.75. The van der Waals surface area contributed by atoms with Crippen LogP contribution in [-0.4, -0.2) is 35.4 Å². The van der Waals surface area contributed by atoms with Crippen molar-refractivity contribution in [2.75, 3.05) is 13.7 Å². The molecule has 0 saturated heterocycles. The topological polar surface area (TPSA) is 78.8 Å². The number of amides is 1. The summed E-state index contributed by atoms with van der Waals surface area (Å²) in [6, 6.07) is 4.54. The van der Waals surface area contributed by atoms with Gasteiger partial charge >= 0.3 is 0 Å². The molecule has 0 radical (unpaired) electrons. The van der Waals surface area contributed by atoms with Crippen LogP contribution in [0.1, 0.15) is 36.0 Å². The number of methoxy groups -OCH3 is 1. The third-order valence-electron chi connectivity index (χ3n) is 3.69. The molecule has 1 aliphatic rings. The van der Waals surface area contributed by atoms with E-state index in [1.807, 2.05) is 0 Å². The van der Waals surface area contributed by atoms with E-state index < -0.39 is 5.54 Å². The summed E-state index contributed by atoms with van der Waals surface area (Å²) in [5.74, 6) is 0.00540. The number of aliphatic hydroxyl groups excluding tert-OH is 1. The lowest BCUT2D eigenvalue weighted by molar-refractivity contribution is 0.0836. The minimum atomic E-state index is -0.538. The molecule has 1 amide bonds. The molecular formula is C14H19NO4. The van der Waals surface area contributed by atoms with Gasteiger partial charge in [-0.3, -0.25) is 4.79 Å². The number of aromatic hydroxyl groups is 1. The molecule has 3 N–H and O–H groups in total. The molecule has 104 valence electrons. The van der Waals surface area contributed by atoms with Gasteiger partial charge in [0.05, 0.1) is 24.8 Å². The van der Waals surface area contributed by atoms with Crippen molar-refractivity contribution in [3.05, 3.63) is 23.8 Å². The standard InChI is InChI=1S/C14H19NO4/c1-19-10-4-5-11(12(17)8-10)13(18)15-14(9-16)6-2-3-7-14/h4-5,8,16-17H,2-3,6-7,9H2,1H3,(H,15,18). The second kappa shape index (κ2) is 5.48. The van der Waals surface area contributed by atoms with E-state index in [1.54, 1.807) is 6.07 Å². The molecule has 0 heterocycles. The highest BCUT2D eigenvalue weighted by Gasteiger charge is 2.35. The average molecular weight is 265 g/mol. The van der Waals surface area contributed by atoms with E-state index in [-0.39, 0.29) is 23.8 Å². The van der Waals surface area contributed by atoms with Crippen LogP contribution in [0.3, 0.4) is 0 Å². The highest BCUT2D eigenvalue weighted by Crippen LogP contribution is 2.30. The van der Waals surface area contributed by atoms with E-state index in [2.05, 4.69) is 5.32 Å². The van der Waals surface area contributed by atoms with Crippen LogP contribution in [0.2, 0.25) is 0 Å². The molecule has 0 unspecified atom stereocenters. The first-order valence-corrected chi connectivity index (χ1v) is 6.41. The summed E-state index contributed by atoms with van der Waals surface area (Å²) < 4.78 is 4.97. The number of rotatable bonds is 4. The second-order valence-corrected chi connectivity index (χ2v) is 4.98. The Kier molecular flexibility index (Phi) is 3.95. The molecular weight excluding hydrogens is 246 g/mol. The van der Waals surface area contributed by atoms with Crippen molar-refractivity contribution in [2.45, 2.75) is 31.2 Å². The van der Waals surface area contributed by atoms with E-state index in [0.29, 0.717) is 5.75 Å². The van der Waals surface area contributed by atoms with Gasteiger partial charge in [-0.15, -0.1) is 0 Å². The van der Waals surface area contributed by atoms with E-state index >= 15 is 0 Å². The fourth-order valence-corrected chi connectivity index (χ4v) is 2.51. The molecule has 0 atom stereocenters. The zero-order chi connectivity index (χ0) is 13.9. The van der Waals surface area contributed by atoms with Gasteiger partial charge in [0, 0.05) is 6.07 Å². The maximum absolute atomic E-state index is 12.2. The summed E-state index contributed by atoms with van der Waals surface area (Å²) in [5.41, 5.74) is -0.343. The third kappa shape index (κ3) is 2.81. The number of benzene rings is 1. The molecule has 1 saturated carbocycles. The largest absolute Gasteiger partial charge is 0.507 e. The molecule has 0 spiro atoms. The predicted octanol–water partition coefficient (Wildman–Crippen LogP) is 1.44. The maximum atomic E-state index is 12.2. The van der Waals surface area contributed by atoms with Crippen LogP contribution in [0.15, 0.2) is 18.2 Å². The first-order chi connectivity index (χ1) is 9.10. The van der Waals surface area contributed by atoms with Gasteiger partial charge in [-0.2, -0.15) is 0 Å².